The van der Waals surface area contributed by atoms with Crippen molar-refractivity contribution in [1.29, 1.82) is 0 Å². The maximum atomic E-state index is 11.2. The fourth-order valence-corrected chi connectivity index (χ4v) is 2.21. The SMILES string of the molecule is COC(=O)NC1CCN(c2ncc(CNC(C)C)cn2)C1. The molecule has 1 aromatic heterocycles. The number of nitrogens with zero attached hydrogens (tertiary/aromatic N) is 3. The van der Waals surface area contributed by atoms with Gasteiger partial charge in [0.05, 0.1) is 13.2 Å². The lowest BCUT2D eigenvalue weighted by molar-refractivity contribution is 0.167. The molecule has 1 aliphatic heterocycles. The minimum absolute atomic E-state index is 0.0864. The number of rotatable bonds is 5. The minimum Gasteiger partial charge on any atom is -0.453 e. The number of carbonyl (C=O) groups excluding carboxylic acids is 1. The molecule has 1 unspecified atom stereocenters. The molecule has 0 bridgehead atoms. The highest BCUT2D eigenvalue weighted by Crippen LogP contribution is 2.15. The molecule has 1 aromatic rings. The Morgan fingerprint density at radius 3 is 2.81 bits per heavy atom. The Balaban J connectivity index is 1.87. The van der Waals surface area contributed by atoms with Crippen LogP contribution in [-0.2, 0) is 11.3 Å². The van der Waals surface area contributed by atoms with Crippen LogP contribution in [0.15, 0.2) is 12.4 Å². The number of methoxy groups -OCH3 is 1. The van der Waals surface area contributed by atoms with Gasteiger partial charge in [0.15, 0.2) is 0 Å². The van der Waals surface area contributed by atoms with Gasteiger partial charge in [-0.3, -0.25) is 0 Å². The number of aromatic nitrogens is 2. The molecule has 7 nitrogen and oxygen atoms in total. The zero-order chi connectivity index (χ0) is 15.2. The Kier molecular flexibility index (Phi) is 5.32. The van der Waals surface area contributed by atoms with Gasteiger partial charge in [-0.15, -0.1) is 0 Å². The molecule has 0 aromatic carbocycles. The fourth-order valence-electron chi connectivity index (χ4n) is 2.21. The van der Waals surface area contributed by atoms with E-state index >= 15 is 0 Å². The van der Waals surface area contributed by atoms with Crippen LogP contribution < -0.4 is 15.5 Å². The van der Waals surface area contributed by atoms with Crippen LogP contribution in [0.2, 0.25) is 0 Å². The minimum atomic E-state index is -0.391. The van der Waals surface area contributed by atoms with E-state index in [1.165, 1.54) is 7.11 Å². The van der Waals surface area contributed by atoms with E-state index in [0.717, 1.165) is 25.1 Å². The summed E-state index contributed by atoms with van der Waals surface area (Å²) in [5, 5.41) is 6.13. The normalized spacial score (nSPS) is 18.1. The average molecular weight is 293 g/mol. The largest absolute Gasteiger partial charge is 0.453 e. The summed E-state index contributed by atoms with van der Waals surface area (Å²) in [7, 11) is 1.37. The summed E-state index contributed by atoms with van der Waals surface area (Å²) in [6.45, 7) is 6.52. The van der Waals surface area contributed by atoms with Crippen LogP contribution in [-0.4, -0.2) is 48.3 Å². The van der Waals surface area contributed by atoms with Gasteiger partial charge in [0.2, 0.25) is 5.95 Å². The van der Waals surface area contributed by atoms with Gasteiger partial charge >= 0.3 is 6.09 Å². The molecule has 1 aliphatic rings. The molecular formula is C14H23N5O2. The molecule has 2 N–H and O–H groups in total. The standard InChI is InChI=1S/C14H23N5O2/c1-10(2)15-6-11-7-16-13(17-8-11)19-5-4-12(9-19)18-14(20)21-3/h7-8,10,12,15H,4-6,9H2,1-3H3,(H,18,20). The predicted octanol–water partition coefficient (Wildman–Crippen LogP) is 0.909. The summed E-state index contributed by atoms with van der Waals surface area (Å²) < 4.78 is 4.61. The highest BCUT2D eigenvalue weighted by atomic mass is 16.5. The molecule has 1 saturated heterocycles. The molecule has 1 atom stereocenters. The highest BCUT2D eigenvalue weighted by Gasteiger charge is 2.25. The Morgan fingerprint density at radius 1 is 1.48 bits per heavy atom. The van der Waals surface area contributed by atoms with Crippen molar-refractivity contribution in [1.82, 2.24) is 20.6 Å². The van der Waals surface area contributed by atoms with Crippen molar-refractivity contribution in [2.24, 2.45) is 0 Å². The van der Waals surface area contributed by atoms with E-state index in [1.807, 2.05) is 12.4 Å². The molecule has 21 heavy (non-hydrogen) atoms. The molecule has 2 rings (SSSR count). The topological polar surface area (TPSA) is 79.4 Å². The number of nitrogens with one attached hydrogen (secondary N) is 2. The molecule has 0 spiro atoms. The Labute approximate surface area is 125 Å². The fraction of sp³-hybridized carbons (Fsp3) is 0.643. The van der Waals surface area contributed by atoms with E-state index in [2.05, 4.69) is 44.1 Å². The highest BCUT2D eigenvalue weighted by molar-refractivity contribution is 5.67. The van der Waals surface area contributed by atoms with Crippen LogP contribution in [0.4, 0.5) is 10.7 Å². The van der Waals surface area contributed by atoms with Gasteiger partial charge in [-0.25, -0.2) is 14.8 Å². The molecule has 0 radical (unpaired) electrons. The molecular weight excluding hydrogens is 270 g/mol. The lowest BCUT2D eigenvalue weighted by Crippen LogP contribution is -2.37. The quantitative estimate of drug-likeness (QED) is 0.840. The van der Waals surface area contributed by atoms with Crippen molar-refractivity contribution in [2.45, 2.75) is 38.9 Å². The number of anilines is 1. The maximum Gasteiger partial charge on any atom is 0.407 e. The summed E-state index contributed by atoms with van der Waals surface area (Å²) in [4.78, 5) is 22.1. The van der Waals surface area contributed by atoms with E-state index in [0.29, 0.717) is 18.5 Å². The third kappa shape index (κ3) is 4.56. The second kappa shape index (κ2) is 7.21. The van der Waals surface area contributed by atoms with Gasteiger partial charge in [0, 0.05) is 43.6 Å². The van der Waals surface area contributed by atoms with Crippen molar-refractivity contribution in [3.05, 3.63) is 18.0 Å². The van der Waals surface area contributed by atoms with Crippen LogP contribution in [0.3, 0.4) is 0 Å². The molecule has 7 heteroatoms. The summed E-state index contributed by atoms with van der Waals surface area (Å²) in [5.74, 6) is 0.706. The van der Waals surface area contributed by atoms with Crippen LogP contribution in [0.1, 0.15) is 25.8 Å². The van der Waals surface area contributed by atoms with Gasteiger partial charge in [-0.2, -0.15) is 0 Å². The van der Waals surface area contributed by atoms with Gasteiger partial charge in [-0.05, 0) is 6.42 Å². The van der Waals surface area contributed by atoms with E-state index in [1.54, 1.807) is 0 Å². The number of ether oxygens (including phenoxy) is 1. The Morgan fingerprint density at radius 2 is 2.19 bits per heavy atom. The Bertz CT molecular complexity index is 463. The summed E-state index contributed by atoms with van der Waals surface area (Å²) in [6, 6.07) is 0.525. The molecule has 1 amide bonds. The van der Waals surface area contributed by atoms with Gasteiger partial charge in [-0.1, -0.05) is 13.8 Å². The lowest BCUT2D eigenvalue weighted by atomic mass is 10.3. The first-order valence-electron chi connectivity index (χ1n) is 7.22. The second-order valence-electron chi connectivity index (χ2n) is 5.49. The lowest BCUT2D eigenvalue weighted by Gasteiger charge is -2.17. The van der Waals surface area contributed by atoms with E-state index in [-0.39, 0.29) is 6.04 Å². The number of amides is 1. The maximum absolute atomic E-state index is 11.2. The van der Waals surface area contributed by atoms with E-state index in [9.17, 15) is 4.79 Å². The van der Waals surface area contributed by atoms with Crippen molar-refractivity contribution in [3.63, 3.8) is 0 Å². The number of hydrogen-bond acceptors (Lipinski definition) is 6. The first-order valence-corrected chi connectivity index (χ1v) is 7.22. The summed E-state index contributed by atoms with van der Waals surface area (Å²) in [6.07, 6.45) is 4.17. The first kappa shape index (κ1) is 15.5. The number of hydrogen-bond donors (Lipinski definition) is 2. The molecule has 116 valence electrons. The van der Waals surface area contributed by atoms with Crippen molar-refractivity contribution in [2.75, 3.05) is 25.1 Å². The Hall–Kier alpha value is -1.89. The predicted molar refractivity (Wildman–Crippen MR) is 80.2 cm³/mol. The van der Waals surface area contributed by atoms with Crippen LogP contribution in [0, 0.1) is 0 Å². The summed E-state index contributed by atoms with van der Waals surface area (Å²) in [5.41, 5.74) is 1.07. The van der Waals surface area contributed by atoms with Gasteiger partial charge in [0.25, 0.3) is 0 Å². The first-order chi connectivity index (χ1) is 10.1. The third-order valence-corrected chi connectivity index (χ3v) is 3.38. The van der Waals surface area contributed by atoms with Gasteiger partial charge < -0.3 is 20.3 Å². The molecule has 0 saturated carbocycles. The zero-order valence-electron chi connectivity index (χ0n) is 12.8. The second-order valence-corrected chi connectivity index (χ2v) is 5.49. The number of carbonyl (C=O) groups is 1. The van der Waals surface area contributed by atoms with Crippen molar-refractivity contribution >= 4 is 12.0 Å². The number of alkyl carbamates (subject to hydrolysis) is 1. The molecule has 0 aliphatic carbocycles. The average Bonchev–Trinajstić information content (AvgIpc) is 2.94. The molecule has 1 fully saturated rings. The van der Waals surface area contributed by atoms with Crippen molar-refractivity contribution in [3.8, 4) is 0 Å². The monoisotopic (exact) mass is 293 g/mol. The smallest absolute Gasteiger partial charge is 0.407 e. The van der Waals surface area contributed by atoms with E-state index < -0.39 is 6.09 Å². The van der Waals surface area contributed by atoms with Crippen molar-refractivity contribution < 1.29 is 9.53 Å². The van der Waals surface area contributed by atoms with Crippen LogP contribution in [0.5, 0.6) is 0 Å². The van der Waals surface area contributed by atoms with Crippen LogP contribution >= 0.6 is 0 Å². The third-order valence-electron chi connectivity index (χ3n) is 3.38. The summed E-state index contributed by atoms with van der Waals surface area (Å²) >= 11 is 0. The molecule has 2 heterocycles. The van der Waals surface area contributed by atoms with Gasteiger partial charge in [0.1, 0.15) is 0 Å². The zero-order valence-corrected chi connectivity index (χ0v) is 12.8. The van der Waals surface area contributed by atoms with Crippen LogP contribution in [0.25, 0.3) is 0 Å². The van der Waals surface area contributed by atoms with E-state index in [4.69, 9.17) is 0 Å².